The second kappa shape index (κ2) is 4.13. The number of nitrogens with one attached hydrogen (secondary N) is 3. The highest BCUT2D eigenvalue weighted by atomic mass is 16.4. The number of carboxylic acids is 1. The Balaban J connectivity index is 2.07. The molecular weight excluding hydrogens is 242 g/mol. The molecule has 1 aromatic heterocycles. The quantitative estimate of drug-likeness (QED) is 0.527. The van der Waals surface area contributed by atoms with Crippen LogP contribution in [0.5, 0.6) is 0 Å². The van der Waals surface area contributed by atoms with Gasteiger partial charge in [-0.25, -0.2) is 4.79 Å². The molecule has 0 unspecified atom stereocenters. The van der Waals surface area contributed by atoms with Gasteiger partial charge in [0.2, 0.25) is 0 Å². The van der Waals surface area contributed by atoms with Gasteiger partial charge in [0.1, 0.15) is 5.69 Å². The van der Waals surface area contributed by atoms with Gasteiger partial charge in [-0.2, -0.15) is 0 Å². The maximum atomic E-state index is 11.6. The van der Waals surface area contributed by atoms with Crippen LogP contribution in [-0.2, 0) is 4.79 Å². The Labute approximate surface area is 100 Å². The molecule has 18 heavy (non-hydrogen) atoms. The fraction of sp³-hybridized carbons (Fsp3) is 0.400. The number of amides is 1. The summed E-state index contributed by atoms with van der Waals surface area (Å²) in [4.78, 5) is 48.5. The fourth-order valence-corrected chi connectivity index (χ4v) is 1.55. The molecule has 1 aliphatic carbocycles. The zero-order valence-corrected chi connectivity index (χ0v) is 9.28. The molecule has 4 N–H and O–H groups in total. The van der Waals surface area contributed by atoms with E-state index in [1.807, 2.05) is 4.98 Å². The molecule has 8 nitrogen and oxygen atoms in total. The Morgan fingerprint density at radius 1 is 1.33 bits per heavy atom. The van der Waals surface area contributed by atoms with Crippen LogP contribution in [0.2, 0.25) is 0 Å². The van der Waals surface area contributed by atoms with Crippen LogP contribution in [0.3, 0.4) is 0 Å². The Kier molecular flexibility index (Phi) is 2.77. The van der Waals surface area contributed by atoms with Crippen molar-refractivity contribution >= 4 is 11.9 Å². The highest BCUT2D eigenvalue weighted by Gasteiger charge is 2.50. The van der Waals surface area contributed by atoms with E-state index in [0.717, 1.165) is 6.07 Å². The Morgan fingerprint density at radius 2 is 2.00 bits per heavy atom. The number of carbonyl (C=O) groups excluding carboxylic acids is 1. The first kappa shape index (κ1) is 12.1. The summed E-state index contributed by atoms with van der Waals surface area (Å²) in [6, 6.07) is 0.942. The van der Waals surface area contributed by atoms with Crippen molar-refractivity contribution in [1.29, 1.82) is 0 Å². The molecule has 0 saturated heterocycles. The summed E-state index contributed by atoms with van der Waals surface area (Å²) >= 11 is 0. The van der Waals surface area contributed by atoms with E-state index in [1.165, 1.54) is 0 Å². The number of carboxylic acid groups (broad SMARTS) is 1. The smallest absolute Gasteiger partial charge is 0.326 e. The molecule has 0 aromatic carbocycles. The van der Waals surface area contributed by atoms with Crippen molar-refractivity contribution < 1.29 is 14.7 Å². The van der Waals surface area contributed by atoms with E-state index >= 15 is 0 Å². The molecular formula is C10H11N3O5. The number of aromatic nitrogens is 2. The van der Waals surface area contributed by atoms with Crippen LogP contribution >= 0.6 is 0 Å². The first-order valence-electron chi connectivity index (χ1n) is 5.28. The zero-order chi connectivity index (χ0) is 13.3. The predicted molar refractivity (Wildman–Crippen MR) is 59.3 cm³/mol. The molecule has 1 aliphatic rings. The molecule has 96 valence electrons. The van der Waals surface area contributed by atoms with Gasteiger partial charge in [0.05, 0.1) is 5.41 Å². The van der Waals surface area contributed by atoms with Crippen LogP contribution in [0.4, 0.5) is 0 Å². The molecule has 1 amide bonds. The van der Waals surface area contributed by atoms with Gasteiger partial charge in [-0.1, -0.05) is 0 Å². The maximum Gasteiger partial charge on any atom is 0.326 e. The van der Waals surface area contributed by atoms with Crippen molar-refractivity contribution in [3.8, 4) is 0 Å². The van der Waals surface area contributed by atoms with Crippen molar-refractivity contribution in [1.82, 2.24) is 15.3 Å². The number of carbonyl (C=O) groups is 2. The molecule has 2 rings (SSSR count). The highest BCUT2D eigenvalue weighted by Crippen LogP contribution is 2.45. The monoisotopic (exact) mass is 253 g/mol. The van der Waals surface area contributed by atoms with Gasteiger partial charge in [0.25, 0.3) is 11.5 Å². The van der Waals surface area contributed by atoms with Gasteiger partial charge in [-0.3, -0.25) is 19.4 Å². The summed E-state index contributed by atoms with van der Waals surface area (Å²) in [7, 11) is 0. The Bertz CT molecular complexity index is 582. The molecule has 0 radical (unpaired) electrons. The number of hydrogen-bond acceptors (Lipinski definition) is 4. The van der Waals surface area contributed by atoms with Crippen LogP contribution in [-0.4, -0.2) is 33.5 Å². The second-order valence-corrected chi connectivity index (χ2v) is 4.27. The normalized spacial score (nSPS) is 16.0. The fourth-order valence-electron chi connectivity index (χ4n) is 1.55. The van der Waals surface area contributed by atoms with Crippen LogP contribution in [0, 0.1) is 5.41 Å². The van der Waals surface area contributed by atoms with E-state index in [1.54, 1.807) is 0 Å². The lowest BCUT2D eigenvalue weighted by Crippen LogP contribution is -2.36. The summed E-state index contributed by atoms with van der Waals surface area (Å²) in [5, 5.41) is 11.3. The third-order valence-electron chi connectivity index (χ3n) is 2.90. The van der Waals surface area contributed by atoms with Crippen LogP contribution in [0.25, 0.3) is 0 Å². The molecule has 1 aromatic rings. The number of aliphatic carboxylic acids is 1. The third-order valence-corrected chi connectivity index (χ3v) is 2.90. The molecule has 1 saturated carbocycles. The van der Waals surface area contributed by atoms with Crippen LogP contribution < -0.4 is 16.6 Å². The number of rotatable bonds is 4. The van der Waals surface area contributed by atoms with Gasteiger partial charge in [-0.15, -0.1) is 0 Å². The van der Waals surface area contributed by atoms with E-state index in [-0.39, 0.29) is 12.2 Å². The van der Waals surface area contributed by atoms with E-state index in [2.05, 4.69) is 10.3 Å². The van der Waals surface area contributed by atoms with E-state index < -0.39 is 28.5 Å². The van der Waals surface area contributed by atoms with E-state index in [4.69, 9.17) is 5.11 Å². The standard InChI is InChI=1S/C10H11N3O5/c14-6-3-5(12-9(18)13-6)7(15)11-4-10(1-2-10)8(16)17/h3H,1-2,4H2,(H,11,15)(H,16,17)(H2,12,13,14,18). The summed E-state index contributed by atoms with van der Waals surface area (Å²) < 4.78 is 0. The van der Waals surface area contributed by atoms with Gasteiger partial charge in [0, 0.05) is 12.6 Å². The van der Waals surface area contributed by atoms with Crippen molar-refractivity contribution in [3.63, 3.8) is 0 Å². The lowest BCUT2D eigenvalue weighted by molar-refractivity contribution is -0.143. The molecule has 1 heterocycles. The van der Waals surface area contributed by atoms with Gasteiger partial charge in [0.15, 0.2) is 0 Å². The summed E-state index contributed by atoms with van der Waals surface area (Å²) in [6.45, 7) is -0.0179. The van der Waals surface area contributed by atoms with Crippen LogP contribution in [0.15, 0.2) is 15.7 Å². The Morgan fingerprint density at radius 3 is 2.50 bits per heavy atom. The number of aromatic amines is 2. The lowest BCUT2D eigenvalue weighted by Gasteiger charge is -2.10. The van der Waals surface area contributed by atoms with E-state index in [9.17, 15) is 19.2 Å². The molecule has 0 aliphatic heterocycles. The average molecular weight is 253 g/mol. The van der Waals surface area contributed by atoms with Crippen molar-refractivity contribution in [3.05, 3.63) is 32.6 Å². The molecule has 8 heteroatoms. The topological polar surface area (TPSA) is 132 Å². The van der Waals surface area contributed by atoms with Gasteiger partial charge < -0.3 is 15.4 Å². The van der Waals surface area contributed by atoms with Crippen molar-refractivity contribution in [2.24, 2.45) is 5.41 Å². The minimum Gasteiger partial charge on any atom is -0.481 e. The SMILES string of the molecule is O=C(NCC1(C(=O)O)CC1)c1cc(=O)[nH]c(=O)[nH]1. The largest absolute Gasteiger partial charge is 0.481 e. The molecule has 0 atom stereocenters. The van der Waals surface area contributed by atoms with Crippen molar-refractivity contribution in [2.45, 2.75) is 12.8 Å². The van der Waals surface area contributed by atoms with Crippen molar-refractivity contribution in [2.75, 3.05) is 6.54 Å². The second-order valence-electron chi connectivity index (χ2n) is 4.27. The molecule has 0 bridgehead atoms. The minimum absolute atomic E-state index is 0.0179. The predicted octanol–water partition coefficient (Wildman–Crippen LogP) is -1.34. The lowest BCUT2D eigenvalue weighted by atomic mass is 10.1. The first-order chi connectivity index (χ1) is 8.43. The summed E-state index contributed by atoms with van der Waals surface area (Å²) in [5.41, 5.74) is -2.56. The number of H-pyrrole nitrogens is 2. The third kappa shape index (κ3) is 2.31. The Hall–Kier alpha value is -2.38. The van der Waals surface area contributed by atoms with Crippen LogP contribution in [0.1, 0.15) is 23.3 Å². The molecule has 1 fully saturated rings. The summed E-state index contributed by atoms with van der Waals surface area (Å²) in [5.74, 6) is -1.63. The maximum absolute atomic E-state index is 11.6. The van der Waals surface area contributed by atoms with Gasteiger partial charge >= 0.3 is 11.7 Å². The average Bonchev–Trinajstić information content (AvgIpc) is 3.05. The molecule has 0 spiro atoms. The highest BCUT2D eigenvalue weighted by molar-refractivity contribution is 5.92. The zero-order valence-electron chi connectivity index (χ0n) is 9.28. The van der Waals surface area contributed by atoms with Gasteiger partial charge in [-0.05, 0) is 12.8 Å². The first-order valence-corrected chi connectivity index (χ1v) is 5.28. The minimum atomic E-state index is -0.956. The summed E-state index contributed by atoms with van der Waals surface area (Å²) in [6.07, 6.45) is 1.02. The van der Waals surface area contributed by atoms with E-state index in [0.29, 0.717) is 12.8 Å². The number of hydrogen-bond donors (Lipinski definition) is 4.